The lowest BCUT2D eigenvalue weighted by Gasteiger charge is -2.24. The van der Waals surface area contributed by atoms with Crippen molar-refractivity contribution in [3.8, 4) is 0 Å². The molecule has 2 aliphatic rings. The predicted octanol–water partition coefficient (Wildman–Crippen LogP) is 3.24. The van der Waals surface area contributed by atoms with Crippen molar-refractivity contribution in [3.63, 3.8) is 0 Å². The number of carbonyl (C=O) groups is 2. The van der Waals surface area contributed by atoms with Crippen molar-refractivity contribution in [2.75, 3.05) is 10.2 Å². The monoisotopic (exact) mass is 331 g/mol. The molecule has 1 heterocycles. The van der Waals surface area contributed by atoms with Gasteiger partial charge >= 0.3 is 0 Å². The highest BCUT2D eigenvalue weighted by molar-refractivity contribution is 6.21. The van der Waals surface area contributed by atoms with E-state index in [1.807, 2.05) is 0 Å². The molecule has 3 rings (SSSR count). The Bertz CT molecular complexity index is 682. The van der Waals surface area contributed by atoms with Gasteiger partial charge in [0, 0.05) is 24.4 Å². The first-order valence-corrected chi connectivity index (χ1v) is 8.39. The zero-order chi connectivity index (χ0) is 17.3. The van der Waals surface area contributed by atoms with Gasteiger partial charge in [-0.15, -0.1) is 0 Å². The van der Waals surface area contributed by atoms with E-state index >= 15 is 0 Å². The van der Waals surface area contributed by atoms with E-state index in [-0.39, 0.29) is 41.6 Å². The van der Waals surface area contributed by atoms with Gasteiger partial charge in [0.25, 0.3) is 5.69 Å². The number of hydrogen-bond donors (Lipinski definition) is 1. The molecule has 7 heteroatoms. The lowest BCUT2D eigenvalue weighted by molar-refractivity contribution is -0.383. The molecule has 0 radical (unpaired) electrons. The first kappa shape index (κ1) is 16.4. The van der Waals surface area contributed by atoms with Crippen molar-refractivity contribution in [1.82, 2.24) is 0 Å². The number of anilines is 2. The van der Waals surface area contributed by atoms with E-state index in [4.69, 9.17) is 0 Å². The van der Waals surface area contributed by atoms with Gasteiger partial charge in [-0.1, -0.05) is 26.2 Å². The number of amides is 2. The van der Waals surface area contributed by atoms with Crippen molar-refractivity contribution in [2.24, 2.45) is 5.92 Å². The smallest absolute Gasteiger partial charge is 0.294 e. The number of nitro groups is 1. The fourth-order valence-electron chi connectivity index (χ4n) is 3.45. The summed E-state index contributed by atoms with van der Waals surface area (Å²) >= 11 is 0. The van der Waals surface area contributed by atoms with Crippen molar-refractivity contribution in [1.29, 1.82) is 0 Å². The van der Waals surface area contributed by atoms with Crippen LogP contribution in [-0.2, 0) is 9.59 Å². The fraction of sp³-hybridized carbons (Fsp3) is 0.529. The van der Waals surface area contributed by atoms with Crippen LogP contribution < -0.4 is 10.2 Å². The van der Waals surface area contributed by atoms with E-state index in [2.05, 4.69) is 5.32 Å². The van der Waals surface area contributed by atoms with Crippen LogP contribution in [0.3, 0.4) is 0 Å². The molecule has 7 nitrogen and oxygen atoms in total. The highest BCUT2D eigenvalue weighted by atomic mass is 16.6. The fourth-order valence-corrected chi connectivity index (χ4v) is 3.45. The first-order valence-electron chi connectivity index (χ1n) is 8.39. The summed E-state index contributed by atoms with van der Waals surface area (Å²) in [5.41, 5.74) is 0.622. The molecule has 1 N–H and O–H groups in total. The van der Waals surface area contributed by atoms with Crippen molar-refractivity contribution >= 4 is 28.9 Å². The summed E-state index contributed by atoms with van der Waals surface area (Å²) in [5.74, 6) is -0.992. The van der Waals surface area contributed by atoms with Crippen LogP contribution in [0.25, 0.3) is 0 Å². The van der Waals surface area contributed by atoms with Crippen molar-refractivity contribution in [3.05, 3.63) is 28.3 Å². The highest BCUT2D eigenvalue weighted by Crippen LogP contribution is 2.34. The lowest BCUT2D eigenvalue weighted by Crippen LogP contribution is -2.30. The zero-order valence-corrected chi connectivity index (χ0v) is 13.7. The average molecular weight is 331 g/mol. The van der Waals surface area contributed by atoms with Crippen LogP contribution in [0.2, 0.25) is 0 Å². The van der Waals surface area contributed by atoms with E-state index in [1.54, 1.807) is 19.1 Å². The van der Waals surface area contributed by atoms with E-state index in [0.717, 1.165) is 30.6 Å². The Kier molecular flexibility index (Phi) is 4.51. The highest BCUT2D eigenvalue weighted by Gasteiger charge is 2.37. The van der Waals surface area contributed by atoms with Crippen LogP contribution in [0, 0.1) is 16.0 Å². The van der Waals surface area contributed by atoms with Crippen LogP contribution in [0.15, 0.2) is 18.2 Å². The minimum Gasteiger partial charge on any atom is -0.377 e. The SMILES string of the molecule is CC1CC(=O)N(c2ccc(NC3CCCCC3)c([N+](=O)[O-])c2)C1=O. The molecule has 2 fully saturated rings. The Morgan fingerprint density at radius 2 is 1.92 bits per heavy atom. The van der Waals surface area contributed by atoms with Crippen LogP contribution in [0.1, 0.15) is 45.4 Å². The van der Waals surface area contributed by atoms with E-state index < -0.39 is 4.92 Å². The molecule has 1 aromatic carbocycles. The van der Waals surface area contributed by atoms with E-state index in [1.165, 1.54) is 12.5 Å². The van der Waals surface area contributed by atoms with Gasteiger partial charge in [-0.3, -0.25) is 24.6 Å². The minimum absolute atomic E-state index is 0.0989. The third-order valence-electron chi connectivity index (χ3n) is 4.77. The number of nitrogens with zero attached hydrogens (tertiary/aromatic N) is 2. The van der Waals surface area contributed by atoms with Gasteiger partial charge in [-0.05, 0) is 25.0 Å². The van der Waals surface area contributed by atoms with Gasteiger partial charge in [0.2, 0.25) is 11.8 Å². The topological polar surface area (TPSA) is 92.6 Å². The van der Waals surface area contributed by atoms with Gasteiger partial charge in [0.1, 0.15) is 5.69 Å². The van der Waals surface area contributed by atoms with Gasteiger partial charge in [-0.25, -0.2) is 0 Å². The molecule has 128 valence electrons. The maximum Gasteiger partial charge on any atom is 0.294 e. The first-order chi connectivity index (χ1) is 11.5. The molecule has 1 aromatic rings. The molecule has 2 amide bonds. The molecular formula is C17H21N3O4. The Hall–Kier alpha value is -2.44. The Morgan fingerprint density at radius 3 is 2.50 bits per heavy atom. The molecular weight excluding hydrogens is 310 g/mol. The van der Waals surface area contributed by atoms with Gasteiger partial charge in [0.05, 0.1) is 10.6 Å². The van der Waals surface area contributed by atoms with Gasteiger partial charge in [0.15, 0.2) is 0 Å². The predicted molar refractivity (Wildman–Crippen MR) is 89.9 cm³/mol. The van der Waals surface area contributed by atoms with E-state index in [9.17, 15) is 19.7 Å². The molecule has 0 bridgehead atoms. The summed E-state index contributed by atoms with van der Waals surface area (Å²) in [6, 6.07) is 4.76. The Labute approximate surface area is 140 Å². The molecule has 1 aliphatic carbocycles. The van der Waals surface area contributed by atoms with Crippen LogP contribution >= 0.6 is 0 Å². The second-order valence-corrected chi connectivity index (χ2v) is 6.61. The normalized spacial score (nSPS) is 22.0. The lowest BCUT2D eigenvalue weighted by atomic mass is 9.95. The Morgan fingerprint density at radius 1 is 1.21 bits per heavy atom. The molecule has 0 spiro atoms. The second kappa shape index (κ2) is 6.59. The number of hydrogen-bond acceptors (Lipinski definition) is 5. The summed E-state index contributed by atoms with van der Waals surface area (Å²) in [7, 11) is 0. The van der Waals surface area contributed by atoms with Crippen LogP contribution in [-0.4, -0.2) is 22.8 Å². The van der Waals surface area contributed by atoms with Gasteiger partial charge < -0.3 is 5.32 Å². The number of imide groups is 1. The molecule has 24 heavy (non-hydrogen) atoms. The number of rotatable bonds is 4. The van der Waals surface area contributed by atoms with Gasteiger partial charge in [-0.2, -0.15) is 0 Å². The summed E-state index contributed by atoms with van der Waals surface area (Å²) in [6.07, 6.45) is 5.60. The summed E-state index contributed by atoms with van der Waals surface area (Å²) < 4.78 is 0. The molecule has 1 unspecified atom stereocenters. The maximum absolute atomic E-state index is 12.1. The second-order valence-electron chi connectivity index (χ2n) is 6.61. The summed E-state index contributed by atoms with van der Waals surface area (Å²) in [4.78, 5) is 36.1. The van der Waals surface area contributed by atoms with Crippen molar-refractivity contribution in [2.45, 2.75) is 51.5 Å². The summed E-state index contributed by atoms with van der Waals surface area (Å²) in [5, 5.41) is 14.7. The summed E-state index contributed by atoms with van der Waals surface area (Å²) in [6.45, 7) is 1.69. The minimum atomic E-state index is -0.469. The standard InChI is InChI=1S/C17H21N3O4/c1-11-9-16(21)19(17(11)22)13-7-8-14(15(10-13)20(23)24)18-12-5-3-2-4-6-12/h7-8,10-12,18H,2-6,9H2,1H3. The Balaban J connectivity index is 1.88. The van der Waals surface area contributed by atoms with Crippen LogP contribution in [0.4, 0.5) is 17.1 Å². The molecule has 1 atom stereocenters. The largest absolute Gasteiger partial charge is 0.377 e. The zero-order valence-electron chi connectivity index (χ0n) is 13.7. The molecule has 1 aliphatic heterocycles. The van der Waals surface area contributed by atoms with Crippen molar-refractivity contribution < 1.29 is 14.5 Å². The average Bonchev–Trinajstić information content (AvgIpc) is 2.81. The third-order valence-corrected chi connectivity index (χ3v) is 4.77. The molecule has 0 aromatic heterocycles. The third kappa shape index (κ3) is 3.11. The maximum atomic E-state index is 12.1. The van der Waals surface area contributed by atoms with E-state index in [0.29, 0.717) is 5.69 Å². The molecule has 1 saturated carbocycles. The number of nitrogens with one attached hydrogen (secondary N) is 1. The quantitative estimate of drug-likeness (QED) is 0.519. The van der Waals surface area contributed by atoms with Crippen LogP contribution in [0.5, 0.6) is 0 Å². The number of benzene rings is 1. The number of nitro benzene ring substituents is 1. The number of carbonyl (C=O) groups excluding carboxylic acids is 2. The molecule has 1 saturated heterocycles.